The lowest BCUT2D eigenvalue weighted by Gasteiger charge is -1.99. The molecule has 4 heteroatoms. The van der Waals surface area contributed by atoms with Gasteiger partial charge in [-0.05, 0) is 33.6 Å². The van der Waals surface area contributed by atoms with E-state index >= 15 is 0 Å². The van der Waals surface area contributed by atoms with E-state index in [-0.39, 0.29) is 0 Å². The van der Waals surface area contributed by atoms with E-state index in [9.17, 15) is 0 Å². The summed E-state index contributed by atoms with van der Waals surface area (Å²) in [6.45, 7) is 7.71. The SMILES string of the molecule is COCc1cn(CC=C(C)CCC=C(C)C)nn1. The summed E-state index contributed by atoms with van der Waals surface area (Å²) in [5.74, 6) is 0. The minimum Gasteiger partial charge on any atom is -0.378 e. The molecule has 1 aromatic heterocycles. The molecule has 100 valence electrons. The van der Waals surface area contributed by atoms with E-state index in [4.69, 9.17) is 4.74 Å². The predicted molar refractivity (Wildman–Crippen MR) is 73.2 cm³/mol. The lowest BCUT2D eigenvalue weighted by molar-refractivity contribution is 0.181. The molecule has 0 unspecified atom stereocenters. The Morgan fingerprint density at radius 2 is 2.11 bits per heavy atom. The van der Waals surface area contributed by atoms with Gasteiger partial charge in [0.15, 0.2) is 0 Å². The second kappa shape index (κ2) is 7.82. The molecule has 0 aliphatic rings. The molecule has 1 rings (SSSR count). The largest absolute Gasteiger partial charge is 0.378 e. The van der Waals surface area contributed by atoms with Crippen LogP contribution in [-0.2, 0) is 17.9 Å². The average molecular weight is 249 g/mol. The van der Waals surface area contributed by atoms with Crippen LogP contribution in [0, 0.1) is 0 Å². The fourth-order valence-electron chi connectivity index (χ4n) is 1.58. The Hall–Kier alpha value is -1.42. The maximum Gasteiger partial charge on any atom is 0.108 e. The van der Waals surface area contributed by atoms with E-state index in [1.54, 1.807) is 7.11 Å². The van der Waals surface area contributed by atoms with Crippen molar-refractivity contribution < 1.29 is 4.74 Å². The third-order valence-corrected chi connectivity index (χ3v) is 2.60. The maximum absolute atomic E-state index is 5.00. The molecule has 0 aromatic carbocycles. The molecular weight excluding hydrogens is 226 g/mol. The zero-order valence-corrected chi connectivity index (χ0v) is 11.8. The highest BCUT2D eigenvalue weighted by Gasteiger charge is 1.98. The van der Waals surface area contributed by atoms with Crippen molar-refractivity contribution in [2.24, 2.45) is 0 Å². The van der Waals surface area contributed by atoms with Crippen molar-refractivity contribution in [3.05, 3.63) is 35.2 Å². The standard InChI is InChI=1S/C14H23N3O/c1-12(2)6-5-7-13(3)8-9-17-10-14(11-18-4)15-16-17/h6,8,10H,5,7,9,11H2,1-4H3. The number of ether oxygens (including phenoxy) is 1. The van der Waals surface area contributed by atoms with E-state index in [1.807, 2.05) is 10.9 Å². The fraction of sp³-hybridized carbons (Fsp3) is 0.571. The number of rotatable bonds is 7. The van der Waals surface area contributed by atoms with Crippen LogP contribution in [0.25, 0.3) is 0 Å². The monoisotopic (exact) mass is 249 g/mol. The highest BCUT2D eigenvalue weighted by atomic mass is 16.5. The van der Waals surface area contributed by atoms with Crippen LogP contribution in [0.3, 0.4) is 0 Å². The summed E-state index contributed by atoms with van der Waals surface area (Å²) < 4.78 is 6.84. The minimum absolute atomic E-state index is 0.517. The number of aromatic nitrogens is 3. The topological polar surface area (TPSA) is 39.9 Å². The number of hydrogen-bond acceptors (Lipinski definition) is 3. The predicted octanol–water partition coefficient (Wildman–Crippen LogP) is 3.12. The lowest BCUT2D eigenvalue weighted by Crippen LogP contribution is -1.96. The van der Waals surface area contributed by atoms with Gasteiger partial charge < -0.3 is 4.74 Å². The van der Waals surface area contributed by atoms with Gasteiger partial charge in [0.05, 0.1) is 19.3 Å². The van der Waals surface area contributed by atoms with Crippen molar-refractivity contribution in [2.45, 2.75) is 46.8 Å². The van der Waals surface area contributed by atoms with Gasteiger partial charge in [0.1, 0.15) is 5.69 Å². The molecule has 0 N–H and O–H groups in total. The molecule has 1 heterocycles. The number of methoxy groups -OCH3 is 1. The van der Waals surface area contributed by atoms with Gasteiger partial charge in [-0.15, -0.1) is 5.10 Å². The first-order valence-corrected chi connectivity index (χ1v) is 6.28. The molecule has 18 heavy (non-hydrogen) atoms. The fourth-order valence-corrected chi connectivity index (χ4v) is 1.58. The van der Waals surface area contributed by atoms with Crippen molar-refractivity contribution in [3.63, 3.8) is 0 Å². The van der Waals surface area contributed by atoms with Crippen LogP contribution >= 0.6 is 0 Å². The molecular formula is C14H23N3O. The summed E-state index contributed by atoms with van der Waals surface area (Å²) in [6, 6.07) is 0. The lowest BCUT2D eigenvalue weighted by atomic mass is 10.1. The summed E-state index contributed by atoms with van der Waals surface area (Å²) in [5.41, 5.74) is 3.63. The van der Waals surface area contributed by atoms with Crippen LogP contribution in [0.2, 0.25) is 0 Å². The van der Waals surface area contributed by atoms with Gasteiger partial charge in [-0.1, -0.05) is 28.5 Å². The number of nitrogens with zero attached hydrogens (tertiary/aromatic N) is 3. The first-order valence-electron chi connectivity index (χ1n) is 6.28. The van der Waals surface area contributed by atoms with Crippen molar-refractivity contribution in [1.29, 1.82) is 0 Å². The molecule has 1 aromatic rings. The van der Waals surface area contributed by atoms with E-state index in [0.717, 1.165) is 25.1 Å². The van der Waals surface area contributed by atoms with E-state index in [0.29, 0.717) is 6.61 Å². The molecule has 0 fully saturated rings. The van der Waals surface area contributed by atoms with Gasteiger partial charge in [-0.3, -0.25) is 0 Å². The van der Waals surface area contributed by atoms with Crippen LogP contribution in [0.5, 0.6) is 0 Å². The molecule has 0 bridgehead atoms. The molecule has 0 aliphatic heterocycles. The molecule has 0 atom stereocenters. The summed E-state index contributed by atoms with van der Waals surface area (Å²) in [5, 5.41) is 8.06. The van der Waals surface area contributed by atoms with Gasteiger partial charge in [0.2, 0.25) is 0 Å². The second-order valence-corrected chi connectivity index (χ2v) is 4.74. The second-order valence-electron chi connectivity index (χ2n) is 4.74. The van der Waals surface area contributed by atoms with Crippen molar-refractivity contribution in [3.8, 4) is 0 Å². The van der Waals surface area contributed by atoms with Gasteiger partial charge in [0, 0.05) is 7.11 Å². The Labute approximate surface area is 109 Å². The van der Waals surface area contributed by atoms with E-state index in [2.05, 4.69) is 43.2 Å². The first-order chi connectivity index (χ1) is 8.61. The molecule has 0 aliphatic carbocycles. The first kappa shape index (κ1) is 14.6. The average Bonchev–Trinajstić information content (AvgIpc) is 2.74. The summed E-state index contributed by atoms with van der Waals surface area (Å²) >= 11 is 0. The van der Waals surface area contributed by atoms with Crippen LogP contribution < -0.4 is 0 Å². The Balaban J connectivity index is 2.39. The van der Waals surface area contributed by atoms with E-state index in [1.165, 1.54) is 11.1 Å². The molecule has 0 saturated carbocycles. The molecule has 0 spiro atoms. The summed E-state index contributed by atoms with van der Waals surface area (Å²) in [6.07, 6.45) is 8.60. The normalized spacial score (nSPS) is 11.7. The van der Waals surface area contributed by atoms with E-state index < -0.39 is 0 Å². The van der Waals surface area contributed by atoms with Crippen LogP contribution in [0.4, 0.5) is 0 Å². The minimum atomic E-state index is 0.517. The van der Waals surface area contributed by atoms with Gasteiger partial charge in [-0.25, -0.2) is 4.68 Å². The van der Waals surface area contributed by atoms with Crippen molar-refractivity contribution in [2.75, 3.05) is 7.11 Å². The third kappa shape index (κ3) is 5.77. The van der Waals surface area contributed by atoms with Crippen LogP contribution in [0.15, 0.2) is 29.5 Å². The number of hydrogen-bond donors (Lipinski definition) is 0. The molecule has 0 saturated heterocycles. The van der Waals surface area contributed by atoms with Gasteiger partial charge in [0.25, 0.3) is 0 Å². The Kier molecular flexibility index (Phi) is 6.36. The third-order valence-electron chi connectivity index (χ3n) is 2.60. The summed E-state index contributed by atoms with van der Waals surface area (Å²) in [4.78, 5) is 0. The van der Waals surface area contributed by atoms with Crippen LogP contribution in [-0.4, -0.2) is 22.1 Å². The maximum atomic E-state index is 5.00. The Bertz CT molecular complexity index is 414. The Morgan fingerprint density at radius 3 is 2.78 bits per heavy atom. The van der Waals surface area contributed by atoms with Crippen molar-refractivity contribution in [1.82, 2.24) is 15.0 Å². The van der Waals surface area contributed by atoms with Crippen molar-refractivity contribution >= 4 is 0 Å². The Morgan fingerprint density at radius 1 is 1.33 bits per heavy atom. The van der Waals surface area contributed by atoms with Gasteiger partial charge >= 0.3 is 0 Å². The summed E-state index contributed by atoms with van der Waals surface area (Å²) in [7, 11) is 1.66. The molecule has 0 amide bonds. The zero-order chi connectivity index (χ0) is 13.4. The molecule has 0 radical (unpaired) electrons. The molecule has 4 nitrogen and oxygen atoms in total. The van der Waals surface area contributed by atoms with Crippen LogP contribution in [0.1, 0.15) is 39.3 Å². The quantitative estimate of drug-likeness (QED) is 0.697. The smallest absolute Gasteiger partial charge is 0.108 e. The van der Waals surface area contributed by atoms with Gasteiger partial charge in [-0.2, -0.15) is 0 Å². The highest BCUT2D eigenvalue weighted by molar-refractivity contribution is 5.02. The number of allylic oxidation sites excluding steroid dienone is 4. The highest BCUT2D eigenvalue weighted by Crippen LogP contribution is 2.07. The zero-order valence-electron chi connectivity index (χ0n) is 11.8.